The maximum Gasteiger partial charge on any atom is 0.123 e. The van der Waals surface area contributed by atoms with Crippen LogP contribution in [0.1, 0.15) is 42.5 Å². The number of hydrogen-bond acceptors (Lipinski definition) is 1. The Morgan fingerprint density at radius 3 is 2.14 bits per heavy atom. The van der Waals surface area contributed by atoms with E-state index in [2.05, 4.69) is 36.5 Å². The van der Waals surface area contributed by atoms with Crippen LogP contribution in [-0.2, 0) is 12.8 Å². The van der Waals surface area contributed by atoms with Gasteiger partial charge in [0.25, 0.3) is 0 Å². The van der Waals surface area contributed by atoms with Crippen LogP contribution in [0, 0.1) is 5.82 Å². The van der Waals surface area contributed by atoms with Crippen molar-refractivity contribution in [1.82, 2.24) is 5.32 Å². The molecular formula is C19H24FN. The Bertz CT molecular complexity index is 530. The number of nitrogens with one attached hydrogen (secondary N) is 1. The Kier molecular flexibility index (Phi) is 5.94. The molecule has 0 aliphatic rings. The second-order valence-electron chi connectivity index (χ2n) is 5.52. The Morgan fingerprint density at radius 1 is 0.952 bits per heavy atom. The van der Waals surface area contributed by atoms with Crippen LogP contribution in [0.4, 0.5) is 4.39 Å². The highest BCUT2D eigenvalue weighted by atomic mass is 19.1. The quantitative estimate of drug-likeness (QED) is 0.779. The third-order valence-electron chi connectivity index (χ3n) is 3.90. The van der Waals surface area contributed by atoms with Gasteiger partial charge in [-0.05, 0) is 55.1 Å². The van der Waals surface area contributed by atoms with E-state index < -0.39 is 0 Å². The van der Waals surface area contributed by atoms with Crippen molar-refractivity contribution >= 4 is 0 Å². The van der Waals surface area contributed by atoms with Gasteiger partial charge in [0.1, 0.15) is 5.82 Å². The number of hydrogen-bond donors (Lipinski definition) is 1. The zero-order valence-electron chi connectivity index (χ0n) is 12.9. The summed E-state index contributed by atoms with van der Waals surface area (Å²) in [4.78, 5) is 0. The molecule has 0 fully saturated rings. The minimum absolute atomic E-state index is 0.181. The van der Waals surface area contributed by atoms with Crippen LogP contribution in [0.3, 0.4) is 0 Å². The normalized spacial score (nSPS) is 12.3. The van der Waals surface area contributed by atoms with E-state index in [-0.39, 0.29) is 11.9 Å². The van der Waals surface area contributed by atoms with E-state index in [0.29, 0.717) is 0 Å². The summed E-state index contributed by atoms with van der Waals surface area (Å²) in [6.45, 7) is 2.22. The van der Waals surface area contributed by atoms with E-state index in [0.717, 1.165) is 18.4 Å². The first kappa shape index (κ1) is 15.7. The van der Waals surface area contributed by atoms with Gasteiger partial charge >= 0.3 is 0 Å². The molecule has 0 aromatic heterocycles. The monoisotopic (exact) mass is 285 g/mol. The zero-order chi connectivity index (χ0) is 15.1. The second kappa shape index (κ2) is 7.94. The summed E-state index contributed by atoms with van der Waals surface area (Å²) in [6.07, 6.45) is 4.49. The van der Waals surface area contributed by atoms with Gasteiger partial charge in [-0.2, -0.15) is 0 Å². The van der Waals surface area contributed by atoms with E-state index in [1.807, 2.05) is 19.2 Å². The fourth-order valence-corrected chi connectivity index (χ4v) is 2.54. The van der Waals surface area contributed by atoms with Crippen molar-refractivity contribution in [2.24, 2.45) is 0 Å². The first-order valence-corrected chi connectivity index (χ1v) is 7.73. The molecule has 1 atom stereocenters. The van der Waals surface area contributed by atoms with Gasteiger partial charge in [0.2, 0.25) is 0 Å². The first-order valence-electron chi connectivity index (χ1n) is 7.73. The molecule has 2 aromatic rings. The molecule has 0 amide bonds. The molecule has 1 nitrogen and oxygen atoms in total. The van der Waals surface area contributed by atoms with E-state index in [9.17, 15) is 4.39 Å². The molecule has 2 rings (SSSR count). The highest BCUT2D eigenvalue weighted by Gasteiger charge is 2.10. The van der Waals surface area contributed by atoms with Gasteiger partial charge in [0.15, 0.2) is 0 Å². The maximum absolute atomic E-state index is 13.0. The molecule has 2 aromatic carbocycles. The Morgan fingerprint density at radius 2 is 1.57 bits per heavy atom. The van der Waals surface area contributed by atoms with Gasteiger partial charge in [0, 0.05) is 6.04 Å². The van der Waals surface area contributed by atoms with Gasteiger partial charge in [-0.25, -0.2) is 4.39 Å². The molecular weight excluding hydrogens is 261 g/mol. The first-order chi connectivity index (χ1) is 10.2. The SMILES string of the molecule is CCCCc1ccc(C(Cc2ccc(F)cc2)NC)cc1. The third-order valence-corrected chi connectivity index (χ3v) is 3.90. The molecule has 0 radical (unpaired) electrons. The topological polar surface area (TPSA) is 12.0 Å². The van der Waals surface area contributed by atoms with Gasteiger partial charge in [-0.1, -0.05) is 49.7 Å². The number of benzene rings is 2. The van der Waals surface area contributed by atoms with Crippen molar-refractivity contribution in [2.45, 2.75) is 38.6 Å². The Labute approximate surface area is 127 Å². The average Bonchev–Trinajstić information content (AvgIpc) is 2.53. The van der Waals surface area contributed by atoms with Gasteiger partial charge in [-0.3, -0.25) is 0 Å². The van der Waals surface area contributed by atoms with Crippen molar-refractivity contribution in [3.63, 3.8) is 0 Å². The van der Waals surface area contributed by atoms with E-state index in [4.69, 9.17) is 0 Å². The molecule has 0 bridgehead atoms. The lowest BCUT2D eigenvalue weighted by molar-refractivity contribution is 0.588. The smallest absolute Gasteiger partial charge is 0.123 e. The molecule has 1 unspecified atom stereocenters. The molecule has 2 heteroatoms. The van der Waals surface area contributed by atoms with Crippen LogP contribution < -0.4 is 5.32 Å². The van der Waals surface area contributed by atoms with Crippen LogP contribution in [0.25, 0.3) is 0 Å². The summed E-state index contributed by atoms with van der Waals surface area (Å²) < 4.78 is 13.0. The summed E-state index contributed by atoms with van der Waals surface area (Å²) in [5, 5.41) is 3.35. The van der Waals surface area contributed by atoms with Crippen LogP contribution >= 0.6 is 0 Å². The van der Waals surface area contributed by atoms with Crippen molar-refractivity contribution in [1.29, 1.82) is 0 Å². The zero-order valence-corrected chi connectivity index (χ0v) is 12.9. The summed E-state index contributed by atoms with van der Waals surface area (Å²) in [5.74, 6) is -0.181. The van der Waals surface area contributed by atoms with E-state index >= 15 is 0 Å². The number of unbranched alkanes of at least 4 members (excludes halogenated alkanes) is 1. The molecule has 21 heavy (non-hydrogen) atoms. The summed E-state index contributed by atoms with van der Waals surface area (Å²) >= 11 is 0. The maximum atomic E-state index is 13.0. The molecule has 0 saturated heterocycles. The second-order valence-corrected chi connectivity index (χ2v) is 5.52. The molecule has 112 valence electrons. The van der Waals surface area contributed by atoms with Crippen molar-refractivity contribution in [3.8, 4) is 0 Å². The predicted molar refractivity (Wildman–Crippen MR) is 87.0 cm³/mol. The van der Waals surface area contributed by atoms with Crippen molar-refractivity contribution in [3.05, 3.63) is 71.0 Å². The van der Waals surface area contributed by atoms with Crippen LogP contribution in [-0.4, -0.2) is 7.05 Å². The van der Waals surface area contributed by atoms with Crippen molar-refractivity contribution in [2.75, 3.05) is 7.05 Å². The summed E-state index contributed by atoms with van der Waals surface area (Å²) in [7, 11) is 1.97. The van der Waals surface area contributed by atoms with E-state index in [1.165, 1.54) is 36.1 Å². The third kappa shape index (κ3) is 4.68. The van der Waals surface area contributed by atoms with E-state index in [1.54, 1.807) is 0 Å². The lowest BCUT2D eigenvalue weighted by Crippen LogP contribution is -2.18. The highest BCUT2D eigenvalue weighted by molar-refractivity contribution is 5.27. The number of likely N-dealkylation sites (N-methyl/N-ethyl adjacent to an activating group) is 1. The molecule has 0 aliphatic heterocycles. The average molecular weight is 285 g/mol. The van der Waals surface area contributed by atoms with Crippen LogP contribution in [0.2, 0.25) is 0 Å². The largest absolute Gasteiger partial charge is 0.313 e. The summed E-state index contributed by atoms with van der Waals surface area (Å²) in [6, 6.07) is 15.9. The lowest BCUT2D eigenvalue weighted by Gasteiger charge is -2.17. The van der Waals surface area contributed by atoms with Crippen LogP contribution in [0.15, 0.2) is 48.5 Å². The fourth-order valence-electron chi connectivity index (χ4n) is 2.54. The summed E-state index contributed by atoms with van der Waals surface area (Å²) in [5.41, 5.74) is 3.82. The van der Waals surface area contributed by atoms with Gasteiger partial charge in [-0.15, -0.1) is 0 Å². The lowest BCUT2D eigenvalue weighted by atomic mass is 9.97. The minimum atomic E-state index is -0.181. The van der Waals surface area contributed by atoms with Gasteiger partial charge in [0.05, 0.1) is 0 Å². The highest BCUT2D eigenvalue weighted by Crippen LogP contribution is 2.19. The number of halogens is 1. The van der Waals surface area contributed by atoms with Gasteiger partial charge < -0.3 is 5.32 Å². The minimum Gasteiger partial charge on any atom is -0.313 e. The standard InChI is InChI=1S/C19H24FN/c1-3-4-5-15-6-10-17(11-7-15)19(21-2)14-16-8-12-18(20)13-9-16/h6-13,19,21H,3-5,14H2,1-2H3. The van der Waals surface area contributed by atoms with Crippen LogP contribution in [0.5, 0.6) is 0 Å². The molecule has 0 heterocycles. The molecule has 0 spiro atoms. The molecule has 1 N–H and O–H groups in total. The molecule has 0 saturated carbocycles. The molecule has 0 aliphatic carbocycles. The Hall–Kier alpha value is -1.67. The number of rotatable bonds is 7. The Balaban J connectivity index is 2.04. The number of aryl methyl sites for hydroxylation is 1. The van der Waals surface area contributed by atoms with Crippen molar-refractivity contribution < 1.29 is 4.39 Å². The fraction of sp³-hybridized carbons (Fsp3) is 0.368. The predicted octanol–water partition coefficient (Wildman–Crippen LogP) is 4.67.